The lowest BCUT2D eigenvalue weighted by Gasteiger charge is -2.11. The molecule has 98 valence electrons. The van der Waals surface area contributed by atoms with Gasteiger partial charge in [0.1, 0.15) is 6.26 Å². The van der Waals surface area contributed by atoms with E-state index in [2.05, 4.69) is 10.6 Å². The lowest BCUT2D eigenvalue weighted by atomic mass is 10.1. The first-order chi connectivity index (χ1) is 9.06. The van der Waals surface area contributed by atoms with Gasteiger partial charge in [0.15, 0.2) is 5.11 Å². The number of hydrogen-bond acceptors (Lipinski definition) is 3. The van der Waals surface area contributed by atoms with E-state index in [0.717, 1.165) is 11.3 Å². The molecule has 2 rings (SSSR count). The van der Waals surface area contributed by atoms with Gasteiger partial charge < -0.3 is 9.73 Å². The van der Waals surface area contributed by atoms with Gasteiger partial charge in [0.2, 0.25) is 0 Å². The molecule has 0 fully saturated rings. The van der Waals surface area contributed by atoms with Crippen LogP contribution in [-0.2, 0) is 0 Å². The molecule has 0 bridgehead atoms. The van der Waals surface area contributed by atoms with Crippen molar-refractivity contribution in [3.05, 3.63) is 53.5 Å². The van der Waals surface area contributed by atoms with E-state index < -0.39 is 0 Å². The summed E-state index contributed by atoms with van der Waals surface area (Å²) in [5, 5.41) is 5.86. The third kappa shape index (κ3) is 3.42. The van der Waals surface area contributed by atoms with E-state index in [-0.39, 0.29) is 11.0 Å². The van der Waals surface area contributed by atoms with Gasteiger partial charge in [-0.25, -0.2) is 0 Å². The van der Waals surface area contributed by atoms with Gasteiger partial charge in [0, 0.05) is 5.69 Å². The average molecular weight is 274 g/mol. The van der Waals surface area contributed by atoms with Crippen LogP contribution in [0.25, 0.3) is 0 Å². The quantitative estimate of drug-likeness (QED) is 0.827. The van der Waals surface area contributed by atoms with Crippen LogP contribution in [-0.4, -0.2) is 11.0 Å². The Kier molecular flexibility index (Phi) is 3.97. The van der Waals surface area contributed by atoms with Gasteiger partial charge in [-0.15, -0.1) is 0 Å². The third-order valence-corrected chi connectivity index (χ3v) is 2.84. The number of carbonyl (C=O) groups excluding carboxylic acids is 1. The maximum atomic E-state index is 11.7. The molecule has 1 aromatic carbocycles. The molecule has 0 unspecified atom stereocenters. The Bertz CT molecular complexity index is 606. The predicted octanol–water partition coefficient (Wildman–Crippen LogP) is 3.02. The molecule has 0 spiro atoms. The molecule has 0 atom stereocenters. The van der Waals surface area contributed by atoms with Crippen LogP contribution in [0.1, 0.15) is 21.5 Å². The average Bonchev–Trinajstić information content (AvgIpc) is 2.86. The summed E-state index contributed by atoms with van der Waals surface area (Å²) in [7, 11) is 0. The number of benzene rings is 1. The monoisotopic (exact) mass is 274 g/mol. The van der Waals surface area contributed by atoms with E-state index in [1.165, 1.54) is 18.1 Å². The van der Waals surface area contributed by atoms with E-state index in [1.54, 1.807) is 6.07 Å². The number of aryl methyl sites for hydroxylation is 2. The van der Waals surface area contributed by atoms with Crippen molar-refractivity contribution in [1.29, 1.82) is 0 Å². The standard InChI is InChI=1S/C14H14N2O2S/c1-9-3-4-12(10(2)7-9)15-14(19)16-13(17)11-5-6-18-8-11/h3-8H,1-2H3,(H2,15,16,17,19). The molecular formula is C14H14N2O2S. The first-order valence-corrected chi connectivity index (χ1v) is 6.19. The molecule has 2 N–H and O–H groups in total. The first kappa shape index (κ1) is 13.3. The van der Waals surface area contributed by atoms with Crippen LogP contribution in [0.4, 0.5) is 5.69 Å². The van der Waals surface area contributed by atoms with Gasteiger partial charge in [0.25, 0.3) is 5.91 Å². The number of hydrogen-bond donors (Lipinski definition) is 2. The van der Waals surface area contributed by atoms with E-state index in [1.807, 2.05) is 32.0 Å². The normalized spacial score (nSPS) is 10.0. The maximum Gasteiger partial charge on any atom is 0.260 e. The predicted molar refractivity (Wildman–Crippen MR) is 78.3 cm³/mol. The molecule has 4 nitrogen and oxygen atoms in total. The Morgan fingerprint density at radius 2 is 2.05 bits per heavy atom. The highest BCUT2D eigenvalue weighted by molar-refractivity contribution is 7.80. The van der Waals surface area contributed by atoms with Gasteiger partial charge in [-0.2, -0.15) is 0 Å². The molecule has 19 heavy (non-hydrogen) atoms. The Morgan fingerprint density at radius 3 is 2.68 bits per heavy atom. The van der Waals surface area contributed by atoms with E-state index in [4.69, 9.17) is 16.6 Å². The van der Waals surface area contributed by atoms with Crippen molar-refractivity contribution >= 4 is 28.9 Å². The van der Waals surface area contributed by atoms with Crippen molar-refractivity contribution in [3.8, 4) is 0 Å². The van der Waals surface area contributed by atoms with Gasteiger partial charge in [-0.3, -0.25) is 10.1 Å². The fourth-order valence-corrected chi connectivity index (χ4v) is 1.88. The summed E-state index contributed by atoms with van der Waals surface area (Å²) in [5.74, 6) is -0.295. The van der Waals surface area contributed by atoms with Crippen molar-refractivity contribution in [1.82, 2.24) is 5.32 Å². The second-order valence-corrected chi connectivity index (χ2v) is 4.65. The van der Waals surface area contributed by atoms with Gasteiger partial charge in [-0.05, 0) is 43.8 Å². The van der Waals surface area contributed by atoms with Crippen LogP contribution in [0.5, 0.6) is 0 Å². The van der Waals surface area contributed by atoms with E-state index in [0.29, 0.717) is 5.56 Å². The molecule has 2 aromatic rings. The molecule has 0 saturated carbocycles. The van der Waals surface area contributed by atoms with Crippen LogP contribution in [0.15, 0.2) is 41.2 Å². The Hall–Kier alpha value is -2.14. The number of amides is 1. The zero-order chi connectivity index (χ0) is 13.8. The lowest BCUT2D eigenvalue weighted by Crippen LogP contribution is -2.34. The highest BCUT2D eigenvalue weighted by Gasteiger charge is 2.09. The zero-order valence-corrected chi connectivity index (χ0v) is 11.5. The summed E-state index contributed by atoms with van der Waals surface area (Å²) in [4.78, 5) is 11.7. The first-order valence-electron chi connectivity index (χ1n) is 5.78. The highest BCUT2D eigenvalue weighted by Crippen LogP contribution is 2.15. The molecule has 0 aliphatic carbocycles. The summed E-state index contributed by atoms with van der Waals surface area (Å²) < 4.78 is 4.84. The van der Waals surface area contributed by atoms with Gasteiger partial charge >= 0.3 is 0 Å². The Labute approximate surface area is 116 Å². The smallest absolute Gasteiger partial charge is 0.260 e. The third-order valence-electron chi connectivity index (χ3n) is 2.64. The van der Waals surface area contributed by atoms with Crippen molar-refractivity contribution in [2.24, 2.45) is 0 Å². The summed E-state index contributed by atoms with van der Waals surface area (Å²) >= 11 is 5.11. The molecule has 1 heterocycles. The van der Waals surface area contributed by atoms with Gasteiger partial charge in [-0.1, -0.05) is 17.7 Å². The van der Waals surface area contributed by atoms with Crippen molar-refractivity contribution < 1.29 is 9.21 Å². The Balaban J connectivity index is 2.00. The fraction of sp³-hybridized carbons (Fsp3) is 0.143. The summed E-state index contributed by atoms with van der Waals surface area (Å²) in [6.45, 7) is 4.01. The lowest BCUT2D eigenvalue weighted by molar-refractivity contribution is 0.0977. The van der Waals surface area contributed by atoms with Crippen molar-refractivity contribution in [2.45, 2.75) is 13.8 Å². The minimum atomic E-state index is -0.295. The molecule has 0 aliphatic rings. The molecule has 1 amide bonds. The number of anilines is 1. The molecule has 0 radical (unpaired) electrons. The van der Waals surface area contributed by atoms with Gasteiger partial charge in [0.05, 0.1) is 11.8 Å². The van der Waals surface area contributed by atoms with Crippen LogP contribution in [0.3, 0.4) is 0 Å². The molecule has 5 heteroatoms. The molecule has 0 aliphatic heterocycles. The van der Waals surface area contributed by atoms with Crippen molar-refractivity contribution in [2.75, 3.05) is 5.32 Å². The number of thiocarbonyl (C=S) groups is 1. The zero-order valence-electron chi connectivity index (χ0n) is 10.7. The fourth-order valence-electron chi connectivity index (χ4n) is 1.68. The van der Waals surface area contributed by atoms with E-state index in [9.17, 15) is 4.79 Å². The second-order valence-electron chi connectivity index (χ2n) is 4.24. The topological polar surface area (TPSA) is 54.3 Å². The maximum absolute atomic E-state index is 11.7. The SMILES string of the molecule is Cc1ccc(NC(=S)NC(=O)c2ccoc2)c(C)c1. The second kappa shape index (κ2) is 5.67. The Morgan fingerprint density at radius 1 is 1.26 bits per heavy atom. The van der Waals surface area contributed by atoms with Crippen LogP contribution < -0.4 is 10.6 Å². The molecular weight excluding hydrogens is 260 g/mol. The number of nitrogens with one attached hydrogen (secondary N) is 2. The van der Waals surface area contributed by atoms with Crippen LogP contribution in [0, 0.1) is 13.8 Å². The number of furan rings is 1. The van der Waals surface area contributed by atoms with E-state index >= 15 is 0 Å². The minimum absolute atomic E-state index is 0.262. The number of rotatable bonds is 2. The van der Waals surface area contributed by atoms with Crippen molar-refractivity contribution in [3.63, 3.8) is 0 Å². The van der Waals surface area contributed by atoms with Crippen LogP contribution >= 0.6 is 12.2 Å². The molecule has 0 saturated heterocycles. The van der Waals surface area contributed by atoms with Crippen LogP contribution in [0.2, 0.25) is 0 Å². The summed E-state index contributed by atoms with van der Waals surface area (Å²) in [5.41, 5.74) is 3.56. The summed E-state index contributed by atoms with van der Waals surface area (Å²) in [6.07, 6.45) is 2.81. The summed E-state index contributed by atoms with van der Waals surface area (Å²) in [6, 6.07) is 7.54. The number of carbonyl (C=O) groups is 1. The highest BCUT2D eigenvalue weighted by atomic mass is 32.1. The molecule has 1 aromatic heterocycles. The minimum Gasteiger partial charge on any atom is -0.472 e. The largest absolute Gasteiger partial charge is 0.472 e.